The van der Waals surface area contributed by atoms with Gasteiger partial charge in [-0.15, -0.1) is 0 Å². The van der Waals surface area contributed by atoms with E-state index in [0.717, 1.165) is 0 Å². The number of halogens is 1. The van der Waals surface area contributed by atoms with Crippen molar-refractivity contribution in [3.8, 4) is 0 Å². The van der Waals surface area contributed by atoms with Gasteiger partial charge in [0, 0.05) is 22.7 Å². The lowest BCUT2D eigenvalue weighted by Gasteiger charge is -2.14. The quantitative estimate of drug-likeness (QED) is 0.725. The van der Waals surface area contributed by atoms with Gasteiger partial charge in [0.15, 0.2) is 0 Å². The maximum absolute atomic E-state index is 13.7. The van der Waals surface area contributed by atoms with Crippen molar-refractivity contribution in [2.45, 2.75) is 19.4 Å². The van der Waals surface area contributed by atoms with E-state index in [1.807, 2.05) is 0 Å². The molecule has 27 heavy (non-hydrogen) atoms. The minimum absolute atomic E-state index is 0.126. The molecule has 0 saturated heterocycles. The highest BCUT2D eigenvalue weighted by molar-refractivity contribution is 6.02. The van der Waals surface area contributed by atoms with Crippen molar-refractivity contribution >= 4 is 28.3 Å². The van der Waals surface area contributed by atoms with E-state index in [1.165, 1.54) is 23.8 Å². The number of aromatic nitrogens is 1. The summed E-state index contributed by atoms with van der Waals surface area (Å²) in [5, 5.41) is 3.58. The number of carbonyl (C=O) groups is 2. The SMILES string of the molecule is CC(C(N)=O)n1ccc2c(NC(=O)Cc3ccccc3F)cccc2c1=O. The number of rotatable bonds is 5. The molecule has 1 atom stereocenters. The molecule has 0 spiro atoms. The van der Waals surface area contributed by atoms with Crippen LogP contribution >= 0.6 is 0 Å². The van der Waals surface area contributed by atoms with E-state index in [2.05, 4.69) is 5.32 Å². The van der Waals surface area contributed by atoms with Gasteiger partial charge in [-0.2, -0.15) is 0 Å². The van der Waals surface area contributed by atoms with Crippen molar-refractivity contribution in [3.63, 3.8) is 0 Å². The lowest BCUT2D eigenvalue weighted by Crippen LogP contribution is -2.31. The van der Waals surface area contributed by atoms with Crippen LogP contribution in [0.15, 0.2) is 59.5 Å². The summed E-state index contributed by atoms with van der Waals surface area (Å²) in [7, 11) is 0. The summed E-state index contributed by atoms with van der Waals surface area (Å²) in [6.07, 6.45) is 1.34. The molecule has 2 amide bonds. The van der Waals surface area contributed by atoms with Crippen LogP contribution < -0.4 is 16.6 Å². The predicted molar refractivity (Wildman–Crippen MR) is 101 cm³/mol. The number of amides is 2. The molecular formula is C20H18FN3O3. The number of carbonyl (C=O) groups excluding carboxylic acids is 2. The number of anilines is 1. The number of hydrogen-bond donors (Lipinski definition) is 2. The molecule has 0 fully saturated rings. The Bertz CT molecular complexity index is 1090. The summed E-state index contributed by atoms with van der Waals surface area (Å²) in [5.74, 6) is -1.47. The van der Waals surface area contributed by atoms with E-state index in [0.29, 0.717) is 16.5 Å². The summed E-state index contributed by atoms with van der Waals surface area (Å²) >= 11 is 0. The number of pyridine rings is 1. The highest BCUT2D eigenvalue weighted by atomic mass is 19.1. The van der Waals surface area contributed by atoms with E-state index in [-0.39, 0.29) is 17.5 Å². The van der Waals surface area contributed by atoms with Crippen LogP contribution in [0.1, 0.15) is 18.5 Å². The first kappa shape index (κ1) is 18.3. The average molecular weight is 367 g/mol. The Hall–Kier alpha value is -3.48. The zero-order valence-electron chi connectivity index (χ0n) is 14.6. The molecule has 1 heterocycles. The molecule has 3 aromatic rings. The smallest absolute Gasteiger partial charge is 0.259 e. The molecule has 0 aliphatic rings. The molecule has 3 N–H and O–H groups in total. The fraction of sp³-hybridized carbons (Fsp3) is 0.150. The topological polar surface area (TPSA) is 94.2 Å². The van der Waals surface area contributed by atoms with Gasteiger partial charge in [0.2, 0.25) is 11.8 Å². The Morgan fingerprint density at radius 2 is 1.85 bits per heavy atom. The lowest BCUT2D eigenvalue weighted by atomic mass is 10.1. The summed E-state index contributed by atoms with van der Waals surface area (Å²) in [6.45, 7) is 1.54. The fourth-order valence-electron chi connectivity index (χ4n) is 2.85. The van der Waals surface area contributed by atoms with E-state index < -0.39 is 23.7 Å². The molecule has 6 nitrogen and oxygen atoms in total. The third-order valence-corrected chi connectivity index (χ3v) is 4.38. The van der Waals surface area contributed by atoms with Gasteiger partial charge in [0.1, 0.15) is 11.9 Å². The third kappa shape index (κ3) is 3.72. The van der Waals surface area contributed by atoms with Crippen LogP contribution in [0.25, 0.3) is 10.8 Å². The van der Waals surface area contributed by atoms with Crippen molar-refractivity contribution in [1.82, 2.24) is 4.57 Å². The molecule has 0 saturated carbocycles. The van der Waals surface area contributed by atoms with Crippen LogP contribution in [0.2, 0.25) is 0 Å². The first-order valence-electron chi connectivity index (χ1n) is 8.35. The highest BCUT2D eigenvalue weighted by Gasteiger charge is 2.16. The predicted octanol–water partition coefficient (Wildman–Crippen LogP) is 2.37. The maximum atomic E-state index is 13.7. The number of primary amides is 1. The second kappa shape index (κ2) is 7.41. The van der Waals surface area contributed by atoms with Gasteiger partial charge >= 0.3 is 0 Å². The maximum Gasteiger partial charge on any atom is 0.259 e. The van der Waals surface area contributed by atoms with Crippen molar-refractivity contribution in [2.24, 2.45) is 5.73 Å². The van der Waals surface area contributed by atoms with Crippen molar-refractivity contribution in [3.05, 3.63) is 76.5 Å². The number of nitrogens with one attached hydrogen (secondary N) is 1. The van der Waals surface area contributed by atoms with Crippen molar-refractivity contribution in [1.29, 1.82) is 0 Å². The average Bonchev–Trinajstić information content (AvgIpc) is 2.64. The zero-order valence-corrected chi connectivity index (χ0v) is 14.6. The molecule has 2 aromatic carbocycles. The van der Waals surface area contributed by atoms with Gasteiger partial charge in [-0.3, -0.25) is 14.4 Å². The molecule has 0 aliphatic carbocycles. The second-order valence-electron chi connectivity index (χ2n) is 6.19. The molecule has 1 unspecified atom stereocenters. The summed E-state index contributed by atoms with van der Waals surface area (Å²) in [6, 6.07) is 11.8. The van der Waals surface area contributed by atoms with Gasteiger partial charge in [-0.05, 0) is 36.8 Å². The molecule has 0 bridgehead atoms. The molecule has 0 aliphatic heterocycles. The van der Waals surface area contributed by atoms with E-state index in [9.17, 15) is 18.8 Å². The van der Waals surface area contributed by atoms with Crippen LogP contribution in [0.3, 0.4) is 0 Å². The normalized spacial score (nSPS) is 11.9. The number of nitrogens with two attached hydrogens (primary N) is 1. The molecule has 138 valence electrons. The summed E-state index contributed by atoms with van der Waals surface area (Å²) in [4.78, 5) is 36.3. The molecule has 1 aromatic heterocycles. The van der Waals surface area contributed by atoms with Crippen LogP contribution in [0, 0.1) is 5.82 Å². The van der Waals surface area contributed by atoms with Crippen LogP contribution in [0.4, 0.5) is 10.1 Å². The Morgan fingerprint density at radius 1 is 1.11 bits per heavy atom. The Balaban J connectivity index is 1.93. The Labute approximate surface area is 154 Å². The summed E-state index contributed by atoms with van der Waals surface area (Å²) in [5.41, 5.74) is 5.61. The lowest BCUT2D eigenvalue weighted by molar-refractivity contribution is -0.120. The first-order chi connectivity index (χ1) is 12.9. The summed E-state index contributed by atoms with van der Waals surface area (Å²) < 4.78 is 15.0. The minimum atomic E-state index is -0.791. The fourth-order valence-corrected chi connectivity index (χ4v) is 2.85. The molecule has 0 radical (unpaired) electrons. The van der Waals surface area contributed by atoms with Gasteiger partial charge in [0.05, 0.1) is 6.42 Å². The largest absolute Gasteiger partial charge is 0.368 e. The van der Waals surface area contributed by atoms with Crippen molar-refractivity contribution in [2.75, 3.05) is 5.32 Å². The second-order valence-corrected chi connectivity index (χ2v) is 6.19. The van der Waals surface area contributed by atoms with Crippen molar-refractivity contribution < 1.29 is 14.0 Å². The Morgan fingerprint density at radius 3 is 2.56 bits per heavy atom. The van der Waals surface area contributed by atoms with Crippen LogP contribution in [-0.2, 0) is 16.0 Å². The highest BCUT2D eigenvalue weighted by Crippen LogP contribution is 2.22. The van der Waals surface area contributed by atoms with Gasteiger partial charge in [-0.1, -0.05) is 24.3 Å². The van der Waals surface area contributed by atoms with Crippen LogP contribution in [-0.4, -0.2) is 16.4 Å². The third-order valence-electron chi connectivity index (χ3n) is 4.38. The van der Waals surface area contributed by atoms with Gasteiger partial charge in [-0.25, -0.2) is 4.39 Å². The number of fused-ring (bicyclic) bond motifs is 1. The Kier molecular flexibility index (Phi) is 5.03. The van der Waals surface area contributed by atoms with E-state index in [4.69, 9.17) is 5.73 Å². The molecule has 3 rings (SSSR count). The van der Waals surface area contributed by atoms with Gasteiger partial charge in [0.25, 0.3) is 5.56 Å². The first-order valence-corrected chi connectivity index (χ1v) is 8.35. The minimum Gasteiger partial charge on any atom is -0.368 e. The van der Waals surface area contributed by atoms with E-state index in [1.54, 1.807) is 42.5 Å². The zero-order chi connectivity index (χ0) is 19.6. The molecular weight excluding hydrogens is 349 g/mol. The number of hydrogen-bond acceptors (Lipinski definition) is 3. The van der Waals surface area contributed by atoms with Gasteiger partial charge < -0.3 is 15.6 Å². The number of benzene rings is 2. The standard InChI is InChI=1S/C20H18FN3O3/c1-12(19(22)26)24-10-9-14-15(20(24)27)6-4-8-17(14)23-18(25)11-13-5-2-3-7-16(13)21/h2-10,12H,11H2,1H3,(H2,22,26)(H,23,25). The number of nitrogens with zero attached hydrogens (tertiary/aromatic N) is 1. The van der Waals surface area contributed by atoms with Crippen LogP contribution in [0.5, 0.6) is 0 Å². The molecule has 7 heteroatoms. The van der Waals surface area contributed by atoms with E-state index >= 15 is 0 Å². The monoisotopic (exact) mass is 367 g/mol.